The van der Waals surface area contributed by atoms with E-state index >= 15 is 0 Å². The molecular weight excluding hydrogens is 196 g/mol. The maximum atomic E-state index is 5.59. The van der Waals surface area contributed by atoms with Gasteiger partial charge in [0.15, 0.2) is 0 Å². The number of hydrogen-bond acceptors (Lipinski definition) is 2. The number of unbranched alkanes of at least 4 members (excludes halogenated alkanes) is 3. The molecule has 1 aromatic heterocycles. The molecule has 0 fully saturated rings. The van der Waals surface area contributed by atoms with E-state index in [0.29, 0.717) is 0 Å². The van der Waals surface area contributed by atoms with Gasteiger partial charge in [-0.25, -0.2) is 0 Å². The lowest BCUT2D eigenvalue weighted by atomic mass is 10.2. The number of aromatic nitrogens is 1. The van der Waals surface area contributed by atoms with Crippen molar-refractivity contribution in [3.05, 3.63) is 24.5 Å². The van der Waals surface area contributed by atoms with Crippen molar-refractivity contribution in [3.63, 3.8) is 0 Å². The number of nitrogens with one attached hydrogen (secondary N) is 1. The van der Waals surface area contributed by atoms with Gasteiger partial charge in [-0.3, -0.25) is 4.98 Å². The molecule has 0 aliphatic rings. The van der Waals surface area contributed by atoms with Gasteiger partial charge in [-0.15, -0.1) is 11.6 Å². The first-order valence-electron chi connectivity index (χ1n) is 5.13. The highest BCUT2D eigenvalue weighted by Gasteiger charge is 1.90. The molecule has 1 N–H and O–H groups in total. The Morgan fingerprint density at radius 1 is 1.07 bits per heavy atom. The Bertz CT molecular complexity index is 226. The van der Waals surface area contributed by atoms with Gasteiger partial charge in [0.2, 0.25) is 0 Å². The molecule has 0 aliphatic heterocycles. The molecule has 0 bridgehead atoms. The highest BCUT2D eigenvalue weighted by Crippen LogP contribution is 2.05. The van der Waals surface area contributed by atoms with Gasteiger partial charge in [0.25, 0.3) is 0 Å². The lowest BCUT2D eigenvalue weighted by Crippen LogP contribution is -2.01. The normalized spacial score (nSPS) is 10.1. The lowest BCUT2D eigenvalue weighted by Gasteiger charge is -2.04. The molecule has 0 aliphatic carbocycles. The summed E-state index contributed by atoms with van der Waals surface area (Å²) in [6, 6.07) is 3.97. The van der Waals surface area contributed by atoms with E-state index in [4.69, 9.17) is 11.6 Å². The highest BCUT2D eigenvalue weighted by atomic mass is 35.5. The predicted octanol–water partition coefficient (Wildman–Crippen LogP) is 3.29. The summed E-state index contributed by atoms with van der Waals surface area (Å²) in [6.45, 7) is 1.03. The van der Waals surface area contributed by atoms with E-state index in [1.54, 1.807) is 12.4 Å². The van der Waals surface area contributed by atoms with Crippen LogP contribution in [0, 0.1) is 0 Å². The third-order valence-electron chi connectivity index (χ3n) is 2.07. The SMILES string of the molecule is ClCCCCCCNc1ccncc1. The largest absolute Gasteiger partial charge is 0.385 e. The number of rotatable bonds is 7. The third-order valence-corrected chi connectivity index (χ3v) is 2.34. The monoisotopic (exact) mass is 212 g/mol. The van der Waals surface area contributed by atoms with Crippen LogP contribution in [0.1, 0.15) is 25.7 Å². The van der Waals surface area contributed by atoms with Gasteiger partial charge >= 0.3 is 0 Å². The molecule has 78 valence electrons. The summed E-state index contributed by atoms with van der Waals surface area (Å²) < 4.78 is 0. The Balaban J connectivity index is 1.99. The van der Waals surface area contributed by atoms with E-state index in [-0.39, 0.29) is 0 Å². The van der Waals surface area contributed by atoms with Crippen molar-refractivity contribution in [1.29, 1.82) is 0 Å². The van der Waals surface area contributed by atoms with E-state index in [2.05, 4.69) is 10.3 Å². The maximum Gasteiger partial charge on any atom is 0.0371 e. The van der Waals surface area contributed by atoms with Gasteiger partial charge in [0.05, 0.1) is 0 Å². The highest BCUT2D eigenvalue weighted by molar-refractivity contribution is 6.17. The first-order chi connectivity index (χ1) is 6.93. The summed E-state index contributed by atoms with van der Waals surface area (Å²) in [4.78, 5) is 3.96. The summed E-state index contributed by atoms with van der Waals surface area (Å²) in [5, 5.41) is 3.35. The molecular formula is C11H17ClN2. The zero-order chi connectivity index (χ0) is 10.1. The first-order valence-corrected chi connectivity index (χ1v) is 5.67. The Hall–Kier alpha value is -0.760. The second-order valence-corrected chi connectivity index (χ2v) is 3.64. The van der Waals surface area contributed by atoms with E-state index < -0.39 is 0 Å². The number of alkyl halides is 1. The molecule has 0 unspecified atom stereocenters. The summed E-state index contributed by atoms with van der Waals surface area (Å²) in [7, 11) is 0. The van der Waals surface area contributed by atoms with Crippen LogP contribution in [0.25, 0.3) is 0 Å². The van der Waals surface area contributed by atoms with Crippen molar-refractivity contribution in [1.82, 2.24) is 4.98 Å². The van der Waals surface area contributed by atoms with Crippen LogP contribution in [0.5, 0.6) is 0 Å². The van der Waals surface area contributed by atoms with E-state index in [1.807, 2.05) is 12.1 Å². The fourth-order valence-corrected chi connectivity index (χ4v) is 1.46. The number of hydrogen-bond donors (Lipinski definition) is 1. The summed E-state index contributed by atoms with van der Waals surface area (Å²) in [5.41, 5.74) is 1.15. The maximum absolute atomic E-state index is 5.59. The fourth-order valence-electron chi connectivity index (χ4n) is 1.28. The lowest BCUT2D eigenvalue weighted by molar-refractivity contribution is 0.687. The summed E-state index contributed by atoms with van der Waals surface area (Å²) in [6.07, 6.45) is 8.44. The topological polar surface area (TPSA) is 24.9 Å². The predicted molar refractivity (Wildman–Crippen MR) is 61.9 cm³/mol. The van der Waals surface area contributed by atoms with Crippen molar-refractivity contribution in [2.24, 2.45) is 0 Å². The average molecular weight is 213 g/mol. The van der Waals surface area contributed by atoms with Crippen LogP contribution in [-0.2, 0) is 0 Å². The number of pyridine rings is 1. The second-order valence-electron chi connectivity index (χ2n) is 3.27. The van der Waals surface area contributed by atoms with Gasteiger partial charge in [-0.1, -0.05) is 12.8 Å². The molecule has 0 aromatic carbocycles. The Labute approximate surface area is 90.7 Å². The van der Waals surface area contributed by atoms with E-state index in [0.717, 1.165) is 24.5 Å². The third kappa shape index (κ3) is 5.07. The van der Waals surface area contributed by atoms with Gasteiger partial charge in [0.1, 0.15) is 0 Å². The average Bonchev–Trinajstić information content (AvgIpc) is 2.25. The molecule has 0 radical (unpaired) electrons. The van der Waals surface area contributed by atoms with Crippen LogP contribution >= 0.6 is 11.6 Å². The summed E-state index contributed by atoms with van der Waals surface area (Å²) >= 11 is 5.59. The zero-order valence-electron chi connectivity index (χ0n) is 8.38. The Morgan fingerprint density at radius 2 is 1.79 bits per heavy atom. The van der Waals surface area contributed by atoms with Crippen molar-refractivity contribution in [2.75, 3.05) is 17.7 Å². The van der Waals surface area contributed by atoms with Crippen LogP contribution in [0.2, 0.25) is 0 Å². The Morgan fingerprint density at radius 3 is 2.50 bits per heavy atom. The molecule has 0 saturated heterocycles. The fraction of sp³-hybridized carbons (Fsp3) is 0.545. The van der Waals surface area contributed by atoms with Crippen molar-refractivity contribution in [2.45, 2.75) is 25.7 Å². The van der Waals surface area contributed by atoms with Crippen molar-refractivity contribution < 1.29 is 0 Å². The minimum atomic E-state index is 0.789. The first kappa shape index (κ1) is 11.3. The van der Waals surface area contributed by atoms with Gasteiger partial charge in [-0.2, -0.15) is 0 Å². The number of halogens is 1. The quantitative estimate of drug-likeness (QED) is 0.554. The standard InChI is InChI=1S/C11H17ClN2/c12-7-3-1-2-4-8-14-11-5-9-13-10-6-11/h5-6,9-10H,1-4,7-8H2,(H,13,14). The minimum absolute atomic E-state index is 0.789. The van der Waals surface area contributed by atoms with Crippen LogP contribution in [0.15, 0.2) is 24.5 Å². The van der Waals surface area contributed by atoms with Crippen LogP contribution in [0.3, 0.4) is 0 Å². The number of nitrogens with zero attached hydrogens (tertiary/aromatic N) is 1. The summed E-state index contributed by atoms with van der Waals surface area (Å²) in [5.74, 6) is 0.789. The van der Waals surface area contributed by atoms with Gasteiger partial charge in [-0.05, 0) is 25.0 Å². The van der Waals surface area contributed by atoms with Gasteiger partial charge < -0.3 is 5.32 Å². The molecule has 0 saturated carbocycles. The van der Waals surface area contributed by atoms with E-state index in [1.165, 1.54) is 19.3 Å². The van der Waals surface area contributed by atoms with Crippen LogP contribution in [0.4, 0.5) is 5.69 Å². The zero-order valence-corrected chi connectivity index (χ0v) is 9.13. The number of anilines is 1. The molecule has 3 heteroatoms. The smallest absolute Gasteiger partial charge is 0.0371 e. The molecule has 1 aromatic rings. The van der Waals surface area contributed by atoms with Crippen molar-refractivity contribution in [3.8, 4) is 0 Å². The molecule has 2 nitrogen and oxygen atoms in total. The Kier molecular flexibility index (Phi) is 6.16. The molecule has 0 spiro atoms. The van der Waals surface area contributed by atoms with E-state index in [9.17, 15) is 0 Å². The second kappa shape index (κ2) is 7.63. The van der Waals surface area contributed by atoms with Crippen LogP contribution in [-0.4, -0.2) is 17.4 Å². The molecule has 1 heterocycles. The molecule has 0 atom stereocenters. The molecule has 14 heavy (non-hydrogen) atoms. The van der Waals surface area contributed by atoms with Gasteiger partial charge in [0, 0.05) is 30.5 Å². The molecule has 0 amide bonds. The van der Waals surface area contributed by atoms with Crippen LogP contribution < -0.4 is 5.32 Å². The molecule has 1 rings (SSSR count). The minimum Gasteiger partial charge on any atom is -0.385 e. The van der Waals surface area contributed by atoms with Crippen molar-refractivity contribution >= 4 is 17.3 Å².